The van der Waals surface area contributed by atoms with Crippen LogP contribution in [0.1, 0.15) is 12.0 Å². The minimum atomic E-state index is -0.0608. The van der Waals surface area contributed by atoms with Gasteiger partial charge in [0.05, 0.1) is 0 Å². The lowest BCUT2D eigenvalue weighted by Crippen LogP contribution is -2.38. The third-order valence-corrected chi connectivity index (χ3v) is 4.26. The zero-order chi connectivity index (χ0) is 17.5. The smallest absolute Gasteiger partial charge is 0.246 e. The summed E-state index contributed by atoms with van der Waals surface area (Å²) in [5, 5.41) is 3.00. The van der Waals surface area contributed by atoms with E-state index in [2.05, 4.69) is 34.5 Å². The number of nitrogens with one attached hydrogen (secondary N) is 1. The Hall–Kier alpha value is -2.53. The first kappa shape index (κ1) is 17.3. The van der Waals surface area contributed by atoms with Gasteiger partial charge >= 0.3 is 0 Å². The summed E-state index contributed by atoms with van der Waals surface area (Å²) in [4.78, 5) is 13.9. The minimum absolute atomic E-state index is 0.0608. The van der Waals surface area contributed by atoms with Crippen molar-refractivity contribution in [2.75, 3.05) is 31.7 Å². The second kappa shape index (κ2) is 8.53. The van der Waals surface area contributed by atoms with Crippen molar-refractivity contribution in [2.45, 2.75) is 19.1 Å². The highest BCUT2D eigenvalue weighted by Gasteiger charge is 2.24. The molecule has 0 spiro atoms. The SMILES string of the molecule is COCC(=O)N[C@H]1CCN(c2cccc(OCc3ccccc3)c2)C1. The topological polar surface area (TPSA) is 50.8 Å². The molecule has 0 saturated carbocycles. The Labute approximate surface area is 148 Å². The van der Waals surface area contributed by atoms with Crippen LogP contribution < -0.4 is 15.0 Å². The number of carbonyl (C=O) groups excluding carboxylic acids is 1. The predicted octanol–water partition coefficient (Wildman–Crippen LogP) is 2.61. The van der Waals surface area contributed by atoms with E-state index in [4.69, 9.17) is 9.47 Å². The van der Waals surface area contributed by atoms with Crippen LogP contribution in [0.25, 0.3) is 0 Å². The van der Waals surface area contributed by atoms with Crippen LogP contribution in [-0.2, 0) is 16.1 Å². The summed E-state index contributed by atoms with van der Waals surface area (Å²) in [5.74, 6) is 0.794. The molecule has 5 nitrogen and oxygen atoms in total. The standard InChI is InChI=1S/C20H24N2O3/c1-24-15-20(23)21-17-10-11-22(13-17)18-8-5-9-19(12-18)25-14-16-6-3-2-4-7-16/h2-9,12,17H,10-11,13-15H2,1H3,(H,21,23)/t17-/m0/s1. The highest BCUT2D eigenvalue weighted by Crippen LogP contribution is 2.25. The molecule has 5 heteroatoms. The fourth-order valence-electron chi connectivity index (χ4n) is 3.02. The molecule has 1 N–H and O–H groups in total. The second-order valence-electron chi connectivity index (χ2n) is 6.20. The summed E-state index contributed by atoms with van der Waals surface area (Å²) in [6, 6.07) is 18.4. The average Bonchev–Trinajstić information content (AvgIpc) is 3.10. The first-order chi connectivity index (χ1) is 12.2. The van der Waals surface area contributed by atoms with Crippen molar-refractivity contribution in [3.05, 3.63) is 60.2 Å². The van der Waals surface area contributed by atoms with Crippen LogP contribution in [-0.4, -0.2) is 38.8 Å². The van der Waals surface area contributed by atoms with Gasteiger partial charge in [-0.1, -0.05) is 36.4 Å². The predicted molar refractivity (Wildman–Crippen MR) is 97.9 cm³/mol. The van der Waals surface area contributed by atoms with Crippen molar-refractivity contribution in [3.8, 4) is 5.75 Å². The summed E-state index contributed by atoms with van der Waals surface area (Å²) in [6.07, 6.45) is 0.935. The fraction of sp³-hybridized carbons (Fsp3) is 0.350. The third-order valence-electron chi connectivity index (χ3n) is 4.26. The van der Waals surface area contributed by atoms with Gasteiger partial charge in [0.2, 0.25) is 5.91 Å². The van der Waals surface area contributed by atoms with Gasteiger partial charge in [0.25, 0.3) is 0 Å². The molecular weight excluding hydrogens is 316 g/mol. The summed E-state index contributed by atoms with van der Waals surface area (Å²) in [5.41, 5.74) is 2.27. The number of anilines is 1. The van der Waals surface area contributed by atoms with Crippen LogP contribution in [0.15, 0.2) is 54.6 Å². The van der Waals surface area contributed by atoms with Crippen LogP contribution in [0.4, 0.5) is 5.69 Å². The number of ether oxygens (including phenoxy) is 2. The molecule has 1 aliphatic heterocycles. The number of benzene rings is 2. The van der Waals surface area contributed by atoms with Crippen LogP contribution in [0, 0.1) is 0 Å². The number of amides is 1. The van der Waals surface area contributed by atoms with Crippen LogP contribution >= 0.6 is 0 Å². The first-order valence-electron chi connectivity index (χ1n) is 8.54. The minimum Gasteiger partial charge on any atom is -0.489 e. The monoisotopic (exact) mass is 340 g/mol. The molecule has 1 atom stereocenters. The molecule has 0 bridgehead atoms. The highest BCUT2D eigenvalue weighted by molar-refractivity contribution is 5.77. The first-order valence-corrected chi connectivity index (χ1v) is 8.54. The van der Waals surface area contributed by atoms with Crippen LogP contribution in [0.2, 0.25) is 0 Å². The highest BCUT2D eigenvalue weighted by atomic mass is 16.5. The molecule has 1 aliphatic rings. The van der Waals surface area contributed by atoms with E-state index in [9.17, 15) is 4.79 Å². The van der Waals surface area contributed by atoms with E-state index in [0.717, 1.165) is 36.5 Å². The Morgan fingerprint density at radius 1 is 1.20 bits per heavy atom. The Balaban J connectivity index is 1.55. The molecule has 0 unspecified atom stereocenters. The van der Waals surface area contributed by atoms with Gasteiger partial charge in [-0.25, -0.2) is 0 Å². The molecule has 1 amide bonds. The number of methoxy groups -OCH3 is 1. The van der Waals surface area contributed by atoms with Gasteiger partial charge in [0.1, 0.15) is 19.0 Å². The Kier molecular flexibility index (Phi) is 5.90. The number of hydrogen-bond donors (Lipinski definition) is 1. The van der Waals surface area contributed by atoms with E-state index in [0.29, 0.717) is 6.61 Å². The molecule has 0 aliphatic carbocycles. The van der Waals surface area contributed by atoms with Gasteiger partial charge in [0.15, 0.2) is 0 Å². The molecule has 1 fully saturated rings. The summed E-state index contributed by atoms with van der Waals surface area (Å²) >= 11 is 0. The van der Waals surface area contributed by atoms with E-state index in [-0.39, 0.29) is 18.6 Å². The van der Waals surface area contributed by atoms with Gasteiger partial charge in [0, 0.05) is 38.0 Å². The second-order valence-corrected chi connectivity index (χ2v) is 6.20. The van der Waals surface area contributed by atoms with E-state index in [1.165, 1.54) is 7.11 Å². The normalized spacial score (nSPS) is 16.7. The summed E-state index contributed by atoms with van der Waals surface area (Å²) < 4.78 is 10.8. The quantitative estimate of drug-likeness (QED) is 0.842. The zero-order valence-electron chi connectivity index (χ0n) is 14.5. The molecular formula is C20H24N2O3. The van der Waals surface area contributed by atoms with Gasteiger partial charge in [-0.2, -0.15) is 0 Å². The Bertz CT molecular complexity index is 690. The maximum Gasteiger partial charge on any atom is 0.246 e. The molecule has 3 rings (SSSR count). The molecule has 0 aromatic heterocycles. The Morgan fingerprint density at radius 2 is 2.04 bits per heavy atom. The summed E-state index contributed by atoms with van der Waals surface area (Å²) in [7, 11) is 1.53. The van der Waals surface area contributed by atoms with Gasteiger partial charge in [-0.05, 0) is 24.1 Å². The number of rotatable bonds is 7. The third kappa shape index (κ3) is 4.97. The Morgan fingerprint density at radius 3 is 2.84 bits per heavy atom. The van der Waals surface area contributed by atoms with E-state index < -0.39 is 0 Å². The maximum absolute atomic E-state index is 11.6. The van der Waals surface area contributed by atoms with Crippen molar-refractivity contribution in [2.24, 2.45) is 0 Å². The number of carbonyl (C=O) groups is 1. The molecule has 25 heavy (non-hydrogen) atoms. The van der Waals surface area contributed by atoms with E-state index >= 15 is 0 Å². The molecule has 2 aromatic rings. The van der Waals surface area contributed by atoms with E-state index in [1.807, 2.05) is 30.3 Å². The van der Waals surface area contributed by atoms with Crippen molar-refractivity contribution in [1.29, 1.82) is 0 Å². The molecule has 1 saturated heterocycles. The van der Waals surface area contributed by atoms with Gasteiger partial charge in [-0.15, -0.1) is 0 Å². The van der Waals surface area contributed by atoms with Crippen LogP contribution in [0.3, 0.4) is 0 Å². The molecule has 1 heterocycles. The zero-order valence-corrected chi connectivity index (χ0v) is 14.5. The lowest BCUT2D eigenvalue weighted by Gasteiger charge is -2.20. The largest absolute Gasteiger partial charge is 0.489 e. The number of nitrogens with zero attached hydrogens (tertiary/aromatic N) is 1. The lowest BCUT2D eigenvalue weighted by atomic mass is 10.2. The molecule has 2 aromatic carbocycles. The molecule has 0 radical (unpaired) electrons. The van der Waals surface area contributed by atoms with Crippen molar-refractivity contribution >= 4 is 11.6 Å². The van der Waals surface area contributed by atoms with Gasteiger partial charge < -0.3 is 19.7 Å². The maximum atomic E-state index is 11.6. The van der Waals surface area contributed by atoms with E-state index in [1.54, 1.807) is 0 Å². The van der Waals surface area contributed by atoms with Crippen molar-refractivity contribution in [1.82, 2.24) is 5.32 Å². The van der Waals surface area contributed by atoms with Crippen molar-refractivity contribution < 1.29 is 14.3 Å². The molecule has 132 valence electrons. The average molecular weight is 340 g/mol. The van der Waals surface area contributed by atoms with Gasteiger partial charge in [-0.3, -0.25) is 4.79 Å². The van der Waals surface area contributed by atoms with Crippen molar-refractivity contribution in [3.63, 3.8) is 0 Å². The van der Waals surface area contributed by atoms with Crippen LogP contribution in [0.5, 0.6) is 5.75 Å². The lowest BCUT2D eigenvalue weighted by molar-refractivity contribution is -0.125. The fourth-order valence-corrected chi connectivity index (χ4v) is 3.02. The summed E-state index contributed by atoms with van der Waals surface area (Å²) in [6.45, 7) is 2.39. The number of hydrogen-bond acceptors (Lipinski definition) is 4.